The number of carbonyl (C=O) groups excluding carboxylic acids is 2. The largest absolute Gasteiger partial charge is 0.496 e. The van der Waals surface area contributed by atoms with Crippen LogP contribution in [0.2, 0.25) is 0 Å². The second-order valence-corrected chi connectivity index (χ2v) is 7.30. The van der Waals surface area contributed by atoms with Gasteiger partial charge in [0.05, 0.1) is 12.4 Å². The average molecular weight is 336 g/mol. The highest BCUT2D eigenvalue weighted by atomic mass is 32.2. The van der Waals surface area contributed by atoms with Crippen LogP contribution in [0, 0.1) is 0 Å². The fourth-order valence-electron chi connectivity index (χ4n) is 2.63. The molecule has 2 unspecified atom stereocenters. The van der Waals surface area contributed by atoms with Crippen molar-refractivity contribution in [1.29, 1.82) is 0 Å². The maximum absolute atomic E-state index is 12.5. The molecule has 0 radical (unpaired) electrons. The third-order valence-electron chi connectivity index (χ3n) is 3.68. The Balaban J connectivity index is 2.14. The number of ether oxygens (including phenoxy) is 1. The fourth-order valence-corrected chi connectivity index (χ4v) is 3.97. The zero-order chi connectivity index (χ0) is 17.0. The van der Waals surface area contributed by atoms with Crippen molar-refractivity contribution >= 4 is 23.6 Å². The number of thioether (sulfide) groups is 1. The van der Waals surface area contributed by atoms with E-state index in [4.69, 9.17) is 4.74 Å². The Labute approximate surface area is 141 Å². The molecule has 2 amide bonds. The van der Waals surface area contributed by atoms with E-state index in [1.807, 2.05) is 45.0 Å². The lowest BCUT2D eigenvalue weighted by Crippen LogP contribution is -2.36. The van der Waals surface area contributed by atoms with Crippen LogP contribution in [0.5, 0.6) is 5.75 Å². The van der Waals surface area contributed by atoms with Crippen molar-refractivity contribution in [2.75, 3.05) is 13.7 Å². The Morgan fingerprint density at radius 3 is 2.74 bits per heavy atom. The minimum atomic E-state index is -0.113. The van der Waals surface area contributed by atoms with Crippen molar-refractivity contribution in [2.45, 2.75) is 43.9 Å². The molecule has 0 aromatic heterocycles. The average Bonchev–Trinajstić information content (AvgIpc) is 2.79. The van der Waals surface area contributed by atoms with Gasteiger partial charge >= 0.3 is 0 Å². The zero-order valence-corrected chi connectivity index (χ0v) is 14.9. The molecule has 1 fully saturated rings. The number of rotatable bonds is 6. The highest BCUT2D eigenvalue weighted by Crippen LogP contribution is 2.45. The van der Waals surface area contributed by atoms with E-state index in [2.05, 4.69) is 5.32 Å². The topological polar surface area (TPSA) is 58.6 Å². The first kappa shape index (κ1) is 17.7. The highest BCUT2D eigenvalue weighted by molar-refractivity contribution is 8.01. The number of nitrogens with one attached hydrogen (secondary N) is 1. The van der Waals surface area contributed by atoms with Crippen LogP contribution < -0.4 is 10.1 Å². The van der Waals surface area contributed by atoms with Gasteiger partial charge in [-0.15, -0.1) is 11.8 Å². The molecular formula is C17H24N2O3S. The molecule has 2 rings (SSSR count). The lowest BCUT2D eigenvalue weighted by Gasteiger charge is -2.25. The van der Waals surface area contributed by atoms with Crippen molar-refractivity contribution in [3.63, 3.8) is 0 Å². The Bertz CT molecular complexity index is 577. The summed E-state index contributed by atoms with van der Waals surface area (Å²) in [7, 11) is 1.63. The molecule has 1 saturated heterocycles. The molecule has 1 N–H and O–H groups in total. The van der Waals surface area contributed by atoms with Gasteiger partial charge in [-0.3, -0.25) is 9.59 Å². The van der Waals surface area contributed by atoms with Gasteiger partial charge in [-0.05, 0) is 26.8 Å². The van der Waals surface area contributed by atoms with E-state index >= 15 is 0 Å². The minimum absolute atomic E-state index is 0.0314. The molecule has 0 bridgehead atoms. The molecule has 1 aromatic carbocycles. The number of para-hydroxylation sites is 1. The summed E-state index contributed by atoms with van der Waals surface area (Å²) in [5.41, 5.74) is 0.974. The SMILES string of the molecule is COc1ccccc1C1SC(C)C(=O)N1CCC(=O)NC(C)C. The Morgan fingerprint density at radius 2 is 2.09 bits per heavy atom. The number of carbonyl (C=O) groups is 2. The van der Waals surface area contributed by atoms with E-state index in [9.17, 15) is 9.59 Å². The Hall–Kier alpha value is -1.69. The molecule has 0 aliphatic carbocycles. The van der Waals surface area contributed by atoms with Gasteiger partial charge in [-0.1, -0.05) is 18.2 Å². The van der Waals surface area contributed by atoms with Crippen molar-refractivity contribution < 1.29 is 14.3 Å². The standard InChI is InChI=1S/C17H24N2O3S/c1-11(2)18-15(20)9-10-19-16(21)12(3)23-17(19)13-7-5-6-8-14(13)22-4/h5-8,11-12,17H,9-10H2,1-4H3,(H,18,20). The van der Waals surface area contributed by atoms with Gasteiger partial charge in [-0.2, -0.15) is 0 Å². The van der Waals surface area contributed by atoms with Crippen LogP contribution in [0.25, 0.3) is 0 Å². The second-order valence-electron chi connectivity index (χ2n) is 5.88. The number of nitrogens with zero attached hydrogens (tertiary/aromatic N) is 1. The minimum Gasteiger partial charge on any atom is -0.496 e. The van der Waals surface area contributed by atoms with Gasteiger partial charge in [0.25, 0.3) is 0 Å². The van der Waals surface area contributed by atoms with Crippen LogP contribution in [0.3, 0.4) is 0 Å². The van der Waals surface area contributed by atoms with Crippen LogP contribution >= 0.6 is 11.8 Å². The van der Waals surface area contributed by atoms with Gasteiger partial charge in [0, 0.05) is 24.6 Å². The van der Waals surface area contributed by atoms with E-state index in [-0.39, 0.29) is 28.5 Å². The van der Waals surface area contributed by atoms with Crippen molar-refractivity contribution in [3.05, 3.63) is 29.8 Å². The van der Waals surface area contributed by atoms with Crippen LogP contribution in [0.15, 0.2) is 24.3 Å². The monoisotopic (exact) mass is 336 g/mol. The first-order valence-corrected chi connectivity index (χ1v) is 8.76. The predicted octanol–water partition coefficient (Wildman–Crippen LogP) is 2.57. The first-order valence-electron chi connectivity index (χ1n) is 7.82. The maximum Gasteiger partial charge on any atom is 0.236 e. The van der Waals surface area contributed by atoms with Gasteiger partial charge in [0.15, 0.2) is 0 Å². The van der Waals surface area contributed by atoms with Crippen molar-refractivity contribution in [2.24, 2.45) is 0 Å². The summed E-state index contributed by atoms with van der Waals surface area (Å²) in [4.78, 5) is 26.1. The molecule has 1 aliphatic heterocycles. The van der Waals surface area contributed by atoms with Crippen LogP contribution in [0.1, 0.15) is 38.1 Å². The summed E-state index contributed by atoms with van der Waals surface area (Å²) in [6.45, 7) is 6.17. The smallest absolute Gasteiger partial charge is 0.236 e. The van der Waals surface area contributed by atoms with Gasteiger partial charge in [0.1, 0.15) is 11.1 Å². The molecule has 2 atom stereocenters. The molecule has 0 saturated carbocycles. The molecular weight excluding hydrogens is 312 g/mol. The van der Waals surface area contributed by atoms with E-state index in [0.717, 1.165) is 11.3 Å². The Kier molecular flexibility index (Phi) is 5.93. The summed E-state index contributed by atoms with van der Waals surface area (Å²) in [6.07, 6.45) is 0.308. The van der Waals surface area contributed by atoms with Crippen molar-refractivity contribution in [3.8, 4) is 5.75 Å². The van der Waals surface area contributed by atoms with E-state index in [0.29, 0.717) is 13.0 Å². The van der Waals surface area contributed by atoms with Gasteiger partial charge in [-0.25, -0.2) is 0 Å². The molecule has 6 heteroatoms. The van der Waals surface area contributed by atoms with Crippen LogP contribution in [-0.4, -0.2) is 41.7 Å². The molecule has 23 heavy (non-hydrogen) atoms. The summed E-state index contributed by atoms with van der Waals surface area (Å²) in [5.74, 6) is 0.808. The Morgan fingerprint density at radius 1 is 1.39 bits per heavy atom. The normalized spacial score (nSPS) is 20.9. The molecule has 5 nitrogen and oxygen atoms in total. The number of methoxy groups -OCH3 is 1. The molecule has 126 valence electrons. The van der Waals surface area contributed by atoms with Crippen LogP contribution in [-0.2, 0) is 9.59 Å². The quantitative estimate of drug-likeness (QED) is 0.867. The maximum atomic E-state index is 12.5. The predicted molar refractivity (Wildman–Crippen MR) is 92.4 cm³/mol. The van der Waals surface area contributed by atoms with Crippen molar-refractivity contribution in [1.82, 2.24) is 10.2 Å². The number of amides is 2. The highest BCUT2D eigenvalue weighted by Gasteiger charge is 2.39. The number of benzene rings is 1. The van der Waals surface area contributed by atoms with Gasteiger partial charge < -0.3 is 15.0 Å². The third kappa shape index (κ3) is 4.19. The molecule has 0 spiro atoms. The first-order chi connectivity index (χ1) is 10.9. The molecule has 1 aromatic rings. The van der Waals surface area contributed by atoms with Gasteiger partial charge in [0.2, 0.25) is 11.8 Å². The summed E-state index contributed by atoms with van der Waals surface area (Å²) < 4.78 is 5.42. The van der Waals surface area contributed by atoms with E-state index in [1.54, 1.807) is 23.8 Å². The second kappa shape index (κ2) is 7.73. The summed E-state index contributed by atoms with van der Waals surface area (Å²) >= 11 is 1.59. The molecule has 1 aliphatic rings. The summed E-state index contributed by atoms with van der Waals surface area (Å²) in [5, 5.41) is 2.64. The van der Waals surface area contributed by atoms with Crippen LogP contribution in [0.4, 0.5) is 0 Å². The van der Waals surface area contributed by atoms with E-state index in [1.165, 1.54) is 0 Å². The van der Waals surface area contributed by atoms with E-state index < -0.39 is 0 Å². The fraction of sp³-hybridized carbons (Fsp3) is 0.529. The third-order valence-corrected chi connectivity index (χ3v) is 5.06. The number of hydrogen-bond acceptors (Lipinski definition) is 4. The molecule has 1 heterocycles. The lowest BCUT2D eigenvalue weighted by atomic mass is 10.1. The zero-order valence-electron chi connectivity index (χ0n) is 14.0. The lowest BCUT2D eigenvalue weighted by molar-refractivity contribution is -0.130. The summed E-state index contributed by atoms with van der Waals surface area (Å²) in [6, 6.07) is 7.83. The number of hydrogen-bond donors (Lipinski definition) is 1.